The summed E-state index contributed by atoms with van der Waals surface area (Å²) in [5, 5.41) is 10.3. The molecule has 2 saturated carbocycles. The Morgan fingerprint density at radius 3 is 2.42 bits per heavy atom. The third kappa shape index (κ3) is 3.23. The SMILES string of the molecule is CCOC1CC(O)C12CCN(C(=O)CC1(CN)CCCCC1)CC2. The molecule has 3 aliphatic rings. The third-order valence-electron chi connectivity index (χ3n) is 7.03. The second-order valence-electron chi connectivity index (χ2n) is 8.25. The molecule has 2 aliphatic carbocycles. The number of nitrogens with zero attached hydrogens (tertiary/aromatic N) is 1. The van der Waals surface area contributed by atoms with E-state index in [0.29, 0.717) is 19.6 Å². The summed E-state index contributed by atoms with van der Waals surface area (Å²) in [7, 11) is 0. The van der Waals surface area contributed by atoms with E-state index < -0.39 is 0 Å². The van der Waals surface area contributed by atoms with Gasteiger partial charge in [0.25, 0.3) is 0 Å². The van der Waals surface area contributed by atoms with Crippen molar-refractivity contribution < 1.29 is 14.6 Å². The van der Waals surface area contributed by atoms with Crippen molar-refractivity contribution in [3.63, 3.8) is 0 Å². The average Bonchev–Trinajstić information content (AvgIpc) is 2.62. The van der Waals surface area contributed by atoms with Crippen LogP contribution in [-0.2, 0) is 9.53 Å². The maximum absolute atomic E-state index is 12.8. The topological polar surface area (TPSA) is 75.8 Å². The standard InChI is InChI=1S/C19H34N2O3/c1-2-24-16-12-15(22)19(16)8-10-21(11-9-19)17(23)13-18(14-20)6-4-3-5-7-18/h15-16,22H,2-14,20H2,1H3. The van der Waals surface area contributed by atoms with E-state index in [1.165, 1.54) is 19.3 Å². The maximum atomic E-state index is 12.8. The number of carbonyl (C=O) groups is 1. The van der Waals surface area contributed by atoms with Crippen LogP contribution in [0, 0.1) is 10.8 Å². The lowest BCUT2D eigenvalue weighted by molar-refractivity contribution is -0.210. The number of amides is 1. The number of hydrogen-bond donors (Lipinski definition) is 2. The molecule has 24 heavy (non-hydrogen) atoms. The second kappa shape index (κ2) is 7.30. The summed E-state index contributed by atoms with van der Waals surface area (Å²) in [5.41, 5.74) is 5.97. The summed E-state index contributed by atoms with van der Waals surface area (Å²) in [5.74, 6) is 0.263. The molecule has 1 saturated heterocycles. The van der Waals surface area contributed by atoms with E-state index >= 15 is 0 Å². The molecule has 2 atom stereocenters. The predicted octanol–water partition coefficient (Wildman–Crippen LogP) is 2.06. The van der Waals surface area contributed by atoms with Gasteiger partial charge in [-0.05, 0) is 44.6 Å². The second-order valence-corrected chi connectivity index (χ2v) is 8.25. The van der Waals surface area contributed by atoms with E-state index in [1.54, 1.807) is 0 Å². The van der Waals surface area contributed by atoms with Crippen LogP contribution >= 0.6 is 0 Å². The Labute approximate surface area is 145 Å². The van der Waals surface area contributed by atoms with Crippen molar-refractivity contribution in [2.75, 3.05) is 26.2 Å². The lowest BCUT2D eigenvalue weighted by atomic mass is 9.58. The van der Waals surface area contributed by atoms with E-state index in [4.69, 9.17) is 10.5 Å². The van der Waals surface area contributed by atoms with Gasteiger partial charge in [0.15, 0.2) is 0 Å². The summed E-state index contributed by atoms with van der Waals surface area (Å²) in [4.78, 5) is 14.8. The summed E-state index contributed by atoms with van der Waals surface area (Å²) in [6.07, 6.45) is 8.86. The average molecular weight is 338 g/mol. The minimum absolute atomic E-state index is 0.0360. The molecule has 0 bridgehead atoms. The van der Waals surface area contributed by atoms with Crippen molar-refractivity contribution in [2.24, 2.45) is 16.6 Å². The van der Waals surface area contributed by atoms with Crippen LogP contribution < -0.4 is 5.73 Å². The van der Waals surface area contributed by atoms with Crippen molar-refractivity contribution >= 4 is 5.91 Å². The van der Waals surface area contributed by atoms with E-state index in [1.807, 2.05) is 11.8 Å². The van der Waals surface area contributed by atoms with Gasteiger partial charge in [0.1, 0.15) is 0 Å². The predicted molar refractivity (Wildman–Crippen MR) is 93.5 cm³/mol. The lowest BCUT2D eigenvalue weighted by Crippen LogP contribution is -2.62. The minimum Gasteiger partial charge on any atom is -0.392 e. The van der Waals surface area contributed by atoms with Gasteiger partial charge < -0.3 is 20.5 Å². The summed E-state index contributed by atoms with van der Waals surface area (Å²) in [6.45, 7) is 4.83. The molecule has 1 heterocycles. The molecule has 0 aromatic heterocycles. The number of piperidine rings is 1. The first kappa shape index (κ1) is 18.2. The number of nitrogens with two attached hydrogens (primary N) is 1. The van der Waals surface area contributed by atoms with Gasteiger partial charge in [-0.2, -0.15) is 0 Å². The monoisotopic (exact) mass is 338 g/mol. The van der Waals surface area contributed by atoms with E-state index in [0.717, 1.165) is 45.2 Å². The van der Waals surface area contributed by atoms with Gasteiger partial charge in [-0.3, -0.25) is 4.79 Å². The molecule has 0 radical (unpaired) electrons. The number of hydrogen-bond acceptors (Lipinski definition) is 4. The lowest BCUT2D eigenvalue weighted by Gasteiger charge is -2.56. The zero-order valence-corrected chi connectivity index (χ0v) is 15.1. The molecular formula is C19H34N2O3. The highest BCUT2D eigenvalue weighted by molar-refractivity contribution is 5.77. The van der Waals surface area contributed by atoms with Crippen LogP contribution in [-0.4, -0.2) is 54.4 Å². The maximum Gasteiger partial charge on any atom is 0.223 e. The fraction of sp³-hybridized carbons (Fsp3) is 0.947. The Balaban J connectivity index is 1.55. The number of carbonyl (C=O) groups excluding carboxylic acids is 1. The summed E-state index contributed by atoms with van der Waals surface area (Å²) >= 11 is 0. The summed E-state index contributed by atoms with van der Waals surface area (Å²) < 4.78 is 5.81. The van der Waals surface area contributed by atoms with Crippen LogP contribution in [0.1, 0.15) is 64.7 Å². The van der Waals surface area contributed by atoms with Crippen LogP contribution in [0.25, 0.3) is 0 Å². The van der Waals surface area contributed by atoms with Crippen molar-refractivity contribution in [1.82, 2.24) is 4.90 Å². The van der Waals surface area contributed by atoms with E-state index in [9.17, 15) is 9.90 Å². The first-order chi connectivity index (χ1) is 11.6. The molecule has 1 aliphatic heterocycles. The number of ether oxygens (including phenoxy) is 1. The van der Waals surface area contributed by atoms with Crippen LogP contribution in [0.5, 0.6) is 0 Å². The van der Waals surface area contributed by atoms with Crippen molar-refractivity contribution in [3.8, 4) is 0 Å². The number of aliphatic hydroxyl groups is 1. The molecule has 5 heteroatoms. The molecule has 0 aromatic carbocycles. The van der Waals surface area contributed by atoms with Crippen LogP contribution in [0.2, 0.25) is 0 Å². The Morgan fingerprint density at radius 2 is 1.88 bits per heavy atom. The van der Waals surface area contributed by atoms with Crippen LogP contribution in [0.3, 0.4) is 0 Å². The zero-order valence-electron chi connectivity index (χ0n) is 15.1. The summed E-state index contributed by atoms with van der Waals surface area (Å²) in [6, 6.07) is 0. The molecule has 1 amide bonds. The number of likely N-dealkylation sites (tertiary alicyclic amines) is 1. The number of rotatable bonds is 5. The van der Waals surface area contributed by atoms with Crippen molar-refractivity contribution in [3.05, 3.63) is 0 Å². The third-order valence-corrected chi connectivity index (χ3v) is 7.03. The number of aliphatic hydroxyl groups excluding tert-OH is 1. The van der Waals surface area contributed by atoms with Crippen molar-refractivity contribution in [2.45, 2.75) is 76.9 Å². The molecule has 3 fully saturated rings. The van der Waals surface area contributed by atoms with Crippen molar-refractivity contribution in [1.29, 1.82) is 0 Å². The first-order valence-corrected chi connectivity index (χ1v) is 9.83. The van der Waals surface area contributed by atoms with Gasteiger partial charge in [0.05, 0.1) is 12.2 Å². The first-order valence-electron chi connectivity index (χ1n) is 9.83. The highest BCUT2D eigenvalue weighted by Crippen LogP contribution is 2.51. The van der Waals surface area contributed by atoms with Gasteiger partial charge in [0, 0.05) is 38.0 Å². The molecule has 5 nitrogen and oxygen atoms in total. The van der Waals surface area contributed by atoms with Crippen LogP contribution in [0.4, 0.5) is 0 Å². The van der Waals surface area contributed by atoms with Gasteiger partial charge >= 0.3 is 0 Å². The van der Waals surface area contributed by atoms with Gasteiger partial charge in [0.2, 0.25) is 5.91 Å². The largest absolute Gasteiger partial charge is 0.392 e. The highest BCUT2D eigenvalue weighted by atomic mass is 16.5. The van der Waals surface area contributed by atoms with Gasteiger partial charge in [-0.1, -0.05) is 19.3 Å². The highest BCUT2D eigenvalue weighted by Gasteiger charge is 2.56. The fourth-order valence-corrected chi connectivity index (χ4v) is 5.18. The smallest absolute Gasteiger partial charge is 0.223 e. The molecule has 138 valence electrons. The van der Waals surface area contributed by atoms with E-state index in [-0.39, 0.29) is 28.9 Å². The zero-order chi connectivity index (χ0) is 17.2. The molecule has 2 unspecified atom stereocenters. The molecular weight excluding hydrogens is 304 g/mol. The Kier molecular flexibility index (Phi) is 5.52. The van der Waals surface area contributed by atoms with Crippen LogP contribution in [0.15, 0.2) is 0 Å². The Morgan fingerprint density at radius 1 is 1.21 bits per heavy atom. The van der Waals surface area contributed by atoms with Gasteiger partial charge in [-0.25, -0.2) is 0 Å². The van der Waals surface area contributed by atoms with E-state index in [2.05, 4.69) is 0 Å². The quantitative estimate of drug-likeness (QED) is 0.804. The Hall–Kier alpha value is -0.650. The normalized spacial score (nSPS) is 31.7. The molecule has 1 spiro atoms. The minimum atomic E-state index is -0.264. The molecule has 0 aromatic rings. The fourth-order valence-electron chi connectivity index (χ4n) is 5.18. The molecule has 3 rings (SSSR count). The van der Waals surface area contributed by atoms with Gasteiger partial charge in [-0.15, -0.1) is 0 Å². The molecule has 3 N–H and O–H groups in total. The Bertz CT molecular complexity index is 438.